The minimum absolute atomic E-state index is 0.00977. The Bertz CT molecular complexity index is 376. The van der Waals surface area contributed by atoms with E-state index in [2.05, 4.69) is 4.74 Å². The number of hydrogen-bond donors (Lipinski definition) is 0. The molecule has 1 rings (SSSR count). The molecule has 0 unspecified atom stereocenters. The van der Waals surface area contributed by atoms with Crippen molar-refractivity contribution in [3.63, 3.8) is 0 Å². The molecule has 1 aromatic carbocycles. The van der Waals surface area contributed by atoms with Gasteiger partial charge in [-0.05, 0) is 13.8 Å². The first kappa shape index (κ1) is 11.6. The molecule has 1 aromatic rings. The van der Waals surface area contributed by atoms with E-state index in [1.54, 1.807) is 0 Å². The molecule has 0 saturated carbocycles. The number of carbonyl (C=O) groups is 1. The van der Waals surface area contributed by atoms with Crippen LogP contribution < -0.4 is 0 Å². The third kappa shape index (κ3) is 2.11. The maximum absolute atomic E-state index is 13.2. The SMILES string of the molecule is CCOC(=O)c1c(C)c(F)cc(F)c1F. The van der Waals surface area contributed by atoms with Gasteiger partial charge in [0.2, 0.25) is 0 Å². The highest BCUT2D eigenvalue weighted by Gasteiger charge is 2.22. The van der Waals surface area contributed by atoms with E-state index in [0.29, 0.717) is 6.07 Å². The fourth-order valence-corrected chi connectivity index (χ4v) is 1.13. The standard InChI is InChI=1S/C10H9F3O2/c1-3-15-10(14)8-5(2)6(11)4-7(12)9(8)13/h4H,3H2,1-2H3. The van der Waals surface area contributed by atoms with E-state index in [0.717, 1.165) is 0 Å². The van der Waals surface area contributed by atoms with Crippen molar-refractivity contribution in [1.82, 2.24) is 0 Å². The van der Waals surface area contributed by atoms with Gasteiger partial charge in [0.15, 0.2) is 11.6 Å². The molecule has 0 radical (unpaired) electrons. The molecule has 0 saturated heterocycles. The molecule has 0 atom stereocenters. The third-order valence-corrected chi connectivity index (χ3v) is 1.90. The predicted octanol–water partition coefficient (Wildman–Crippen LogP) is 2.59. The molecule has 5 heteroatoms. The maximum atomic E-state index is 13.2. The van der Waals surface area contributed by atoms with Gasteiger partial charge in [0.25, 0.3) is 0 Å². The number of benzene rings is 1. The monoisotopic (exact) mass is 218 g/mol. The molecule has 0 amide bonds. The average Bonchev–Trinajstić information content (AvgIpc) is 2.16. The van der Waals surface area contributed by atoms with Crippen molar-refractivity contribution >= 4 is 5.97 Å². The summed E-state index contributed by atoms with van der Waals surface area (Å²) in [5.74, 6) is -4.82. The molecule has 82 valence electrons. The van der Waals surface area contributed by atoms with Crippen LogP contribution in [0.5, 0.6) is 0 Å². The second-order valence-corrected chi connectivity index (χ2v) is 2.87. The van der Waals surface area contributed by atoms with Crippen LogP contribution >= 0.6 is 0 Å². The van der Waals surface area contributed by atoms with Crippen LogP contribution in [0.4, 0.5) is 13.2 Å². The van der Waals surface area contributed by atoms with Gasteiger partial charge in [-0.25, -0.2) is 18.0 Å². The van der Waals surface area contributed by atoms with E-state index in [1.165, 1.54) is 13.8 Å². The Morgan fingerprint density at radius 2 is 1.93 bits per heavy atom. The highest BCUT2D eigenvalue weighted by Crippen LogP contribution is 2.20. The van der Waals surface area contributed by atoms with Crippen LogP contribution in [0.25, 0.3) is 0 Å². The lowest BCUT2D eigenvalue weighted by atomic mass is 10.1. The van der Waals surface area contributed by atoms with Gasteiger partial charge in [0.1, 0.15) is 11.4 Å². The first-order chi connectivity index (χ1) is 6.99. The van der Waals surface area contributed by atoms with Crippen LogP contribution in [-0.2, 0) is 4.74 Å². The largest absolute Gasteiger partial charge is 0.462 e. The van der Waals surface area contributed by atoms with Gasteiger partial charge in [-0.1, -0.05) is 0 Å². The summed E-state index contributed by atoms with van der Waals surface area (Å²) in [6.45, 7) is 2.71. The number of hydrogen-bond acceptors (Lipinski definition) is 2. The zero-order valence-electron chi connectivity index (χ0n) is 8.23. The van der Waals surface area contributed by atoms with Gasteiger partial charge in [0, 0.05) is 11.6 Å². The molecule has 2 nitrogen and oxygen atoms in total. The van der Waals surface area contributed by atoms with Crippen LogP contribution in [0.2, 0.25) is 0 Å². The summed E-state index contributed by atoms with van der Waals surface area (Å²) in [6.07, 6.45) is 0. The molecule has 0 aromatic heterocycles. The van der Waals surface area contributed by atoms with Gasteiger partial charge in [-0.2, -0.15) is 0 Å². The molecule has 0 spiro atoms. The Balaban J connectivity index is 3.32. The van der Waals surface area contributed by atoms with E-state index in [4.69, 9.17) is 0 Å². The van der Waals surface area contributed by atoms with Crippen molar-refractivity contribution in [3.05, 3.63) is 34.6 Å². The lowest BCUT2D eigenvalue weighted by Crippen LogP contribution is -2.12. The molecule has 0 aliphatic heterocycles. The Hall–Kier alpha value is -1.52. The van der Waals surface area contributed by atoms with Crippen molar-refractivity contribution in [2.75, 3.05) is 6.61 Å². The third-order valence-electron chi connectivity index (χ3n) is 1.90. The Morgan fingerprint density at radius 1 is 1.33 bits per heavy atom. The molecule has 0 aliphatic rings. The van der Waals surface area contributed by atoms with E-state index in [9.17, 15) is 18.0 Å². The van der Waals surface area contributed by atoms with Crippen molar-refractivity contribution < 1.29 is 22.7 Å². The van der Waals surface area contributed by atoms with Crippen LogP contribution in [-0.4, -0.2) is 12.6 Å². The number of rotatable bonds is 2. The summed E-state index contributed by atoms with van der Waals surface area (Å²) in [7, 11) is 0. The van der Waals surface area contributed by atoms with Gasteiger partial charge in [0.05, 0.1) is 6.61 Å². The quantitative estimate of drug-likeness (QED) is 0.563. The molecule has 0 bridgehead atoms. The van der Waals surface area contributed by atoms with Gasteiger partial charge in [-0.15, -0.1) is 0 Å². The van der Waals surface area contributed by atoms with Crippen molar-refractivity contribution in [3.8, 4) is 0 Å². The van der Waals surface area contributed by atoms with E-state index >= 15 is 0 Å². The van der Waals surface area contributed by atoms with Gasteiger partial charge >= 0.3 is 5.97 Å². The summed E-state index contributed by atoms with van der Waals surface area (Å²) in [5, 5.41) is 0. The molecule has 0 N–H and O–H groups in total. The minimum atomic E-state index is -1.40. The zero-order valence-corrected chi connectivity index (χ0v) is 8.23. The van der Waals surface area contributed by atoms with Gasteiger partial charge < -0.3 is 4.74 Å². The first-order valence-electron chi connectivity index (χ1n) is 4.30. The zero-order chi connectivity index (χ0) is 11.6. The van der Waals surface area contributed by atoms with E-state index in [-0.39, 0.29) is 12.2 Å². The lowest BCUT2D eigenvalue weighted by Gasteiger charge is -2.07. The summed E-state index contributed by atoms with van der Waals surface area (Å²) < 4.78 is 43.5. The molecule has 0 fully saturated rings. The van der Waals surface area contributed by atoms with E-state index < -0.39 is 29.0 Å². The maximum Gasteiger partial charge on any atom is 0.341 e. The van der Waals surface area contributed by atoms with Crippen molar-refractivity contribution in [2.45, 2.75) is 13.8 Å². The second kappa shape index (κ2) is 4.33. The van der Waals surface area contributed by atoms with Gasteiger partial charge in [-0.3, -0.25) is 0 Å². The minimum Gasteiger partial charge on any atom is -0.462 e. The Morgan fingerprint density at radius 3 is 2.47 bits per heavy atom. The van der Waals surface area contributed by atoms with Crippen LogP contribution in [0.1, 0.15) is 22.8 Å². The van der Waals surface area contributed by atoms with Crippen LogP contribution in [0.15, 0.2) is 6.07 Å². The van der Waals surface area contributed by atoms with Crippen LogP contribution in [0, 0.1) is 24.4 Å². The Labute approximate surface area is 84.7 Å². The predicted molar refractivity (Wildman–Crippen MR) is 47.0 cm³/mol. The number of halogens is 3. The van der Waals surface area contributed by atoms with E-state index in [1.807, 2.05) is 0 Å². The fourth-order valence-electron chi connectivity index (χ4n) is 1.13. The molecule has 15 heavy (non-hydrogen) atoms. The highest BCUT2D eigenvalue weighted by molar-refractivity contribution is 5.91. The highest BCUT2D eigenvalue weighted by atomic mass is 19.2. The summed E-state index contributed by atoms with van der Waals surface area (Å²) in [6, 6.07) is 0.396. The Kier molecular flexibility index (Phi) is 3.34. The van der Waals surface area contributed by atoms with Crippen LogP contribution in [0.3, 0.4) is 0 Å². The molecular formula is C10H9F3O2. The number of carbonyl (C=O) groups excluding carboxylic acids is 1. The topological polar surface area (TPSA) is 26.3 Å². The summed E-state index contributed by atoms with van der Waals surface area (Å²) in [5.41, 5.74) is -0.943. The number of esters is 1. The molecular weight excluding hydrogens is 209 g/mol. The molecule has 0 aliphatic carbocycles. The fraction of sp³-hybridized carbons (Fsp3) is 0.300. The first-order valence-corrected chi connectivity index (χ1v) is 4.30. The van der Waals surface area contributed by atoms with Crippen molar-refractivity contribution in [2.24, 2.45) is 0 Å². The number of ether oxygens (including phenoxy) is 1. The molecule has 0 heterocycles. The summed E-state index contributed by atoms with van der Waals surface area (Å²) in [4.78, 5) is 11.2. The smallest absolute Gasteiger partial charge is 0.341 e. The average molecular weight is 218 g/mol. The van der Waals surface area contributed by atoms with Crippen molar-refractivity contribution in [1.29, 1.82) is 0 Å². The second-order valence-electron chi connectivity index (χ2n) is 2.87. The lowest BCUT2D eigenvalue weighted by molar-refractivity contribution is 0.0518. The summed E-state index contributed by atoms with van der Waals surface area (Å²) >= 11 is 0. The normalized spacial score (nSPS) is 10.2.